The fourth-order valence-electron chi connectivity index (χ4n) is 3.85. The standard InChI is InChI=1S/C29H35N3O8/c1-5-37-28(36)32-25(30)20-8-6-18(7-9-20)19-10-12-23(13-11-19)38-16-22-14-21(26(34)31-22)15-24(33)39-17-40-27(35)29(2,3)4/h6-13,21-22H,5,14-17H2,1-4H3,(H,31,34)(H2,30,32,36)/t21-,22-/m0/s1. The van der Waals surface area contributed by atoms with Crippen LogP contribution in [0.2, 0.25) is 0 Å². The molecule has 1 aliphatic heterocycles. The number of hydrogen-bond donors (Lipinski definition) is 3. The van der Waals surface area contributed by atoms with Crippen molar-refractivity contribution in [1.82, 2.24) is 10.6 Å². The molecule has 2 aromatic carbocycles. The van der Waals surface area contributed by atoms with Gasteiger partial charge in [0, 0.05) is 5.56 Å². The minimum Gasteiger partial charge on any atom is -0.491 e. The number of amides is 2. The lowest BCUT2D eigenvalue weighted by Crippen LogP contribution is -2.31. The second-order valence-corrected chi connectivity index (χ2v) is 10.3. The Morgan fingerprint density at radius 3 is 2.20 bits per heavy atom. The van der Waals surface area contributed by atoms with Crippen molar-refractivity contribution in [3.63, 3.8) is 0 Å². The maximum absolute atomic E-state index is 12.3. The summed E-state index contributed by atoms with van der Waals surface area (Å²) in [6, 6.07) is 14.3. The normalized spacial score (nSPS) is 16.4. The minimum atomic E-state index is -0.700. The zero-order valence-corrected chi connectivity index (χ0v) is 23.1. The molecule has 0 aromatic heterocycles. The van der Waals surface area contributed by atoms with Crippen LogP contribution >= 0.6 is 0 Å². The molecule has 40 heavy (non-hydrogen) atoms. The zero-order chi connectivity index (χ0) is 29.3. The molecule has 1 aliphatic rings. The van der Waals surface area contributed by atoms with Crippen molar-refractivity contribution in [3.8, 4) is 16.9 Å². The Hall–Kier alpha value is -4.41. The third-order valence-electron chi connectivity index (χ3n) is 6.04. The number of alkyl carbamates (subject to hydrolysis) is 1. The molecule has 2 atom stereocenters. The van der Waals surface area contributed by atoms with E-state index in [1.54, 1.807) is 39.8 Å². The Morgan fingerprint density at radius 2 is 1.60 bits per heavy atom. The summed E-state index contributed by atoms with van der Waals surface area (Å²) in [5, 5.41) is 13.2. The maximum Gasteiger partial charge on any atom is 0.412 e. The molecule has 3 N–H and O–H groups in total. The fourth-order valence-corrected chi connectivity index (χ4v) is 3.85. The van der Waals surface area contributed by atoms with E-state index in [1.165, 1.54) is 0 Å². The van der Waals surface area contributed by atoms with Gasteiger partial charge < -0.3 is 24.3 Å². The first-order valence-electron chi connectivity index (χ1n) is 13.0. The fraction of sp³-hybridized carbons (Fsp3) is 0.414. The van der Waals surface area contributed by atoms with Crippen LogP contribution in [0.1, 0.15) is 46.1 Å². The van der Waals surface area contributed by atoms with E-state index in [-0.39, 0.29) is 37.4 Å². The van der Waals surface area contributed by atoms with Crippen molar-refractivity contribution in [2.24, 2.45) is 11.3 Å². The molecule has 0 unspecified atom stereocenters. The third kappa shape index (κ3) is 8.82. The highest BCUT2D eigenvalue weighted by atomic mass is 16.7. The number of amidine groups is 1. The second kappa shape index (κ2) is 13.6. The Labute approximate surface area is 233 Å². The minimum absolute atomic E-state index is 0.0477. The molecule has 11 nitrogen and oxygen atoms in total. The Morgan fingerprint density at radius 1 is 0.975 bits per heavy atom. The van der Waals surface area contributed by atoms with Crippen LogP contribution in [0.15, 0.2) is 48.5 Å². The summed E-state index contributed by atoms with van der Waals surface area (Å²) in [7, 11) is 0. The Kier molecular flexibility index (Phi) is 10.2. The molecular formula is C29H35N3O8. The first kappa shape index (κ1) is 30.1. The average molecular weight is 554 g/mol. The molecular weight excluding hydrogens is 518 g/mol. The molecule has 1 fully saturated rings. The summed E-state index contributed by atoms with van der Waals surface area (Å²) >= 11 is 0. The Bertz CT molecular complexity index is 1220. The molecule has 0 saturated carbocycles. The maximum atomic E-state index is 12.3. The van der Waals surface area contributed by atoms with E-state index >= 15 is 0 Å². The molecule has 1 heterocycles. The van der Waals surface area contributed by atoms with Gasteiger partial charge in [0.05, 0.1) is 30.4 Å². The van der Waals surface area contributed by atoms with Crippen LogP contribution in [0, 0.1) is 16.7 Å². The Balaban J connectivity index is 1.43. The van der Waals surface area contributed by atoms with E-state index in [4.69, 9.17) is 24.4 Å². The first-order valence-corrected chi connectivity index (χ1v) is 13.0. The van der Waals surface area contributed by atoms with Crippen LogP contribution < -0.4 is 15.4 Å². The summed E-state index contributed by atoms with van der Waals surface area (Å²) in [5.41, 5.74) is 1.70. The van der Waals surface area contributed by atoms with Crippen LogP contribution in [0.4, 0.5) is 4.79 Å². The predicted molar refractivity (Wildman–Crippen MR) is 146 cm³/mol. The van der Waals surface area contributed by atoms with Crippen molar-refractivity contribution in [3.05, 3.63) is 54.1 Å². The largest absolute Gasteiger partial charge is 0.491 e. The quantitative estimate of drug-likeness (QED) is 0.174. The van der Waals surface area contributed by atoms with Gasteiger partial charge in [0.2, 0.25) is 12.7 Å². The molecule has 3 rings (SSSR count). The van der Waals surface area contributed by atoms with Crippen molar-refractivity contribution in [2.45, 2.75) is 46.6 Å². The van der Waals surface area contributed by atoms with E-state index in [0.29, 0.717) is 17.7 Å². The molecule has 0 spiro atoms. The van der Waals surface area contributed by atoms with Crippen LogP contribution in [-0.2, 0) is 28.6 Å². The van der Waals surface area contributed by atoms with Gasteiger partial charge in [0.1, 0.15) is 18.2 Å². The van der Waals surface area contributed by atoms with E-state index in [2.05, 4.69) is 10.6 Å². The smallest absolute Gasteiger partial charge is 0.412 e. The molecule has 214 valence electrons. The molecule has 2 aromatic rings. The monoisotopic (exact) mass is 553 g/mol. The molecule has 2 amide bonds. The number of nitrogens with one attached hydrogen (secondary N) is 3. The SMILES string of the molecule is CCOC(=O)NC(=N)c1ccc(-c2ccc(OC[C@@H]3C[C@@H](CC(=O)OCOC(=O)C(C)(C)C)C(=O)N3)cc2)cc1. The summed E-state index contributed by atoms with van der Waals surface area (Å²) in [6.07, 6.45) is -0.361. The second-order valence-electron chi connectivity index (χ2n) is 10.3. The molecule has 0 aliphatic carbocycles. The predicted octanol–water partition coefficient (Wildman–Crippen LogP) is 3.79. The van der Waals surface area contributed by atoms with Gasteiger partial charge in [0.15, 0.2) is 0 Å². The van der Waals surface area contributed by atoms with E-state index in [0.717, 1.165) is 11.1 Å². The topological polar surface area (TPSA) is 153 Å². The number of hydrogen-bond acceptors (Lipinski definition) is 9. The summed E-state index contributed by atoms with van der Waals surface area (Å²) in [6.45, 7) is 6.76. The molecule has 1 saturated heterocycles. The van der Waals surface area contributed by atoms with Crippen molar-refractivity contribution >= 4 is 29.8 Å². The number of rotatable bonds is 10. The highest BCUT2D eigenvalue weighted by Crippen LogP contribution is 2.25. The lowest BCUT2D eigenvalue weighted by atomic mass is 9.98. The number of benzene rings is 2. The van der Waals surface area contributed by atoms with Gasteiger partial charge in [0.25, 0.3) is 0 Å². The van der Waals surface area contributed by atoms with Crippen LogP contribution in [-0.4, -0.2) is 55.8 Å². The van der Waals surface area contributed by atoms with E-state index in [1.807, 2.05) is 36.4 Å². The first-order chi connectivity index (χ1) is 19.0. The summed E-state index contributed by atoms with van der Waals surface area (Å²) in [4.78, 5) is 47.6. The highest BCUT2D eigenvalue weighted by molar-refractivity contribution is 6.04. The van der Waals surface area contributed by atoms with Gasteiger partial charge in [-0.15, -0.1) is 0 Å². The van der Waals surface area contributed by atoms with Crippen LogP contribution in [0.3, 0.4) is 0 Å². The molecule has 0 radical (unpaired) electrons. The lowest BCUT2D eigenvalue weighted by molar-refractivity contribution is -0.173. The molecule has 0 bridgehead atoms. The van der Waals surface area contributed by atoms with Gasteiger partial charge >= 0.3 is 18.0 Å². The van der Waals surface area contributed by atoms with Crippen molar-refractivity contribution < 1.29 is 38.1 Å². The average Bonchev–Trinajstić information content (AvgIpc) is 3.26. The van der Waals surface area contributed by atoms with Crippen LogP contribution in [0.5, 0.6) is 5.75 Å². The summed E-state index contributed by atoms with van der Waals surface area (Å²) < 4.78 is 20.5. The van der Waals surface area contributed by atoms with Crippen LogP contribution in [0.25, 0.3) is 11.1 Å². The summed E-state index contributed by atoms with van der Waals surface area (Å²) in [5.74, 6) is -1.31. The highest BCUT2D eigenvalue weighted by Gasteiger charge is 2.34. The van der Waals surface area contributed by atoms with Gasteiger partial charge in [-0.25, -0.2) is 4.79 Å². The molecule has 11 heteroatoms. The van der Waals surface area contributed by atoms with Gasteiger partial charge in [-0.3, -0.25) is 25.1 Å². The van der Waals surface area contributed by atoms with Gasteiger partial charge in [-0.05, 0) is 57.4 Å². The van der Waals surface area contributed by atoms with Gasteiger partial charge in [-0.1, -0.05) is 36.4 Å². The number of ether oxygens (including phenoxy) is 4. The lowest BCUT2D eigenvalue weighted by Gasteiger charge is -2.16. The number of esters is 2. The number of carbonyl (C=O) groups excluding carboxylic acids is 4. The third-order valence-corrected chi connectivity index (χ3v) is 6.04. The number of carbonyl (C=O) groups is 4. The van der Waals surface area contributed by atoms with Crippen molar-refractivity contribution in [2.75, 3.05) is 20.0 Å². The van der Waals surface area contributed by atoms with E-state index in [9.17, 15) is 19.2 Å². The van der Waals surface area contributed by atoms with Gasteiger partial charge in [-0.2, -0.15) is 0 Å². The zero-order valence-electron chi connectivity index (χ0n) is 23.1. The van der Waals surface area contributed by atoms with Crippen molar-refractivity contribution in [1.29, 1.82) is 5.41 Å². The van der Waals surface area contributed by atoms with E-state index < -0.39 is 36.2 Å².